The molecule has 6 heteroatoms. The van der Waals surface area contributed by atoms with Gasteiger partial charge in [-0.2, -0.15) is 0 Å². The Balaban J connectivity index is 1.94. The molecule has 2 saturated heterocycles. The monoisotopic (exact) mass is 300 g/mol. The molecule has 3 atom stereocenters. The number of carboxylic acids is 1. The quantitative estimate of drug-likeness (QED) is 0.771. The summed E-state index contributed by atoms with van der Waals surface area (Å²) in [5.41, 5.74) is 0. The summed E-state index contributed by atoms with van der Waals surface area (Å²) in [7, 11) is 0. The largest absolute Gasteiger partial charge is 0.481 e. The van der Waals surface area contributed by atoms with Gasteiger partial charge in [-0.1, -0.05) is 6.92 Å². The van der Waals surface area contributed by atoms with Crippen molar-refractivity contribution in [2.75, 3.05) is 46.0 Å². The molecular formula is C15H28N2O4. The lowest BCUT2D eigenvalue weighted by atomic mass is 10.0. The molecule has 0 aromatic heterocycles. The van der Waals surface area contributed by atoms with Crippen molar-refractivity contribution in [2.45, 2.75) is 39.0 Å². The fraction of sp³-hybridized carbons (Fsp3) is 0.933. The van der Waals surface area contributed by atoms with Crippen molar-refractivity contribution in [3.63, 3.8) is 0 Å². The molecule has 1 N–H and O–H groups in total. The van der Waals surface area contributed by atoms with E-state index >= 15 is 0 Å². The Bertz CT molecular complexity index is 351. The van der Waals surface area contributed by atoms with Gasteiger partial charge >= 0.3 is 5.97 Å². The van der Waals surface area contributed by atoms with Gasteiger partial charge < -0.3 is 14.6 Å². The second-order valence-corrected chi connectivity index (χ2v) is 6.22. The number of carbonyl (C=O) groups is 1. The van der Waals surface area contributed by atoms with Crippen LogP contribution < -0.4 is 0 Å². The highest BCUT2D eigenvalue weighted by molar-refractivity contribution is 5.71. The van der Waals surface area contributed by atoms with Crippen molar-refractivity contribution in [3.8, 4) is 0 Å². The van der Waals surface area contributed by atoms with Crippen LogP contribution in [0.2, 0.25) is 0 Å². The Labute approximate surface area is 127 Å². The number of rotatable bonds is 6. The lowest BCUT2D eigenvalue weighted by molar-refractivity contribution is -0.143. The second kappa shape index (κ2) is 7.54. The van der Waals surface area contributed by atoms with Crippen LogP contribution in [0.1, 0.15) is 20.8 Å². The molecule has 2 heterocycles. The molecule has 21 heavy (non-hydrogen) atoms. The zero-order valence-corrected chi connectivity index (χ0v) is 13.3. The molecule has 0 aromatic rings. The van der Waals surface area contributed by atoms with Crippen molar-refractivity contribution < 1.29 is 19.4 Å². The summed E-state index contributed by atoms with van der Waals surface area (Å²) in [5, 5.41) is 9.30. The average molecular weight is 300 g/mol. The van der Waals surface area contributed by atoms with Gasteiger partial charge in [-0.15, -0.1) is 0 Å². The highest BCUT2D eigenvalue weighted by atomic mass is 16.5. The summed E-state index contributed by atoms with van der Waals surface area (Å²) in [6.45, 7) is 11.5. The topological polar surface area (TPSA) is 62.2 Å². The third-order valence-electron chi connectivity index (χ3n) is 4.58. The number of carboxylic acid groups (broad SMARTS) is 1. The van der Waals surface area contributed by atoms with Crippen LogP contribution in [0.3, 0.4) is 0 Å². The summed E-state index contributed by atoms with van der Waals surface area (Å²) in [4.78, 5) is 15.9. The van der Waals surface area contributed by atoms with Crippen LogP contribution in [0.25, 0.3) is 0 Å². The van der Waals surface area contributed by atoms with Gasteiger partial charge in [0.2, 0.25) is 0 Å². The number of hydrogen-bond donors (Lipinski definition) is 1. The number of morpholine rings is 1. The minimum atomic E-state index is -0.760. The number of likely N-dealkylation sites (N-methyl/N-ethyl adjacent to an activating group) is 1. The highest BCUT2D eigenvalue weighted by Gasteiger charge is 2.38. The van der Waals surface area contributed by atoms with E-state index in [1.807, 2.05) is 0 Å². The molecule has 0 amide bonds. The first kappa shape index (κ1) is 16.7. The van der Waals surface area contributed by atoms with E-state index in [1.54, 1.807) is 0 Å². The van der Waals surface area contributed by atoms with Gasteiger partial charge in [-0.05, 0) is 20.4 Å². The van der Waals surface area contributed by atoms with Gasteiger partial charge in [0.05, 0.1) is 31.8 Å². The van der Waals surface area contributed by atoms with E-state index in [-0.39, 0.29) is 12.1 Å². The summed E-state index contributed by atoms with van der Waals surface area (Å²) in [6.07, 6.45) is 0.149. The number of ether oxygens (including phenoxy) is 2. The molecule has 0 saturated carbocycles. The maximum atomic E-state index is 11.3. The molecule has 3 unspecified atom stereocenters. The molecule has 6 nitrogen and oxygen atoms in total. The molecule has 0 aromatic carbocycles. The molecule has 0 radical (unpaired) electrons. The standard InChI is InChI=1S/C15H28N2O4/c1-4-16(14-10-20-9-13(14)15(18)19)7-12-8-17(11(2)3)5-6-21-12/h11-14H,4-10H2,1-3H3,(H,18,19). The summed E-state index contributed by atoms with van der Waals surface area (Å²) < 4.78 is 11.3. The molecule has 2 aliphatic heterocycles. The fourth-order valence-electron chi connectivity index (χ4n) is 3.22. The van der Waals surface area contributed by atoms with Crippen molar-refractivity contribution in [2.24, 2.45) is 5.92 Å². The Morgan fingerprint density at radius 1 is 1.43 bits per heavy atom. The molecule has 2 fully saturated rings. The minimum Gasteiger partial charge on any atom is -0.481 e. The van der Waals surface area contributed by atoms with Crippen LogP contribution in [0.4, 0.5) is 0 Å². The number of nitrogens with zero attached hydrogens (tertiary/aromatic N) is 2. The molecular weight excluding hydrogens is 272 g/mol. The van der Waals surface area contributed by atoms with E-state index in [2.05, 4.69) is 30.6 Å². The maximum Gasteiger partial charge on any atom is 0.310 e. The van der Waals surface area contributed by atoms with Gasteiger partial charge in [0.1, 0.15) is 0 Å². The Morgan fingerprint density at radius 3 is 2.81 bits per heavy atom. The van der Waals surface area contributed by atoms with Crippen LogP contribution in [0.15, 0.2) is 0 Å². The van der Waals surface area contributed by atoms with E-state index in [4.69, 9.17) is 9.47 Å². The van der Waals surface area contributed by atoms with E-state index in [1.165, 1.54) is 0 Å². The first-order chi connectivity index (χ1) is 10.0. The van der Waals surface area contributed by atoms with Gasteiger partial charge in [0.15, 0.2) is 0 Å². The zero-order chi connectivity index (χ0) is 15.4. The molecule has 0 spiro atoms. The predicted molar refractivity (Wildman–Crippen MR) is 79.4 cm³/mol. The van der Waals surface area contributed by atoms with Crippen molar-refractivity contribution >= 4 is 5.97 Å². The van der Waals surface area contributed by atoms with Gasteiger partial charge in [-0.3, -0.25) is 14.6 Å². The Hall–Kier alpha value is -0.690. The van der Waals surface area contributed by atoms with E-state index in [0.29, 0.717) is 19.3 Å². The zero-order valence-electron chi connectivity index (χ0n) is 13.3. The smallest absolute Gasteiger partial charge is 0.310 e. The highest BCUT2D eigenvalue weighted by Crippen LogP contribution is 2.21. The van der Waals surface area contributed by atoms with Crippen LogP contribution in [-0.4, -0.2) is 85.1 Å². The Morgan fingerprint density at radius 2 is 2.19 bits per heavy atom. The normalized spacial score (nSPS) is 31.2. The fourth-order valence-corrected chi connectivity index (χ4v) is 3.22. The lowest BCUT2D eigenvalue weighted by Gasteiger charge is -2.39. The van der Waals surface area contributed by atoms with Crippen molar-refractivity contribution in [3.05, 3.63) is 0 Å². The molecule has 122 valence electrons. The van der Waals surface area contributed by atoms with E-state index in [9.17, 15) is 9.90 Å². The molecule has 2 rings (SSSR count). The second-order valence-electron chi connectivity index (χ2n) is 6.22. The lowest BCUT2D eigenvalue weighted by Crippen LogP contribution is -2.53. The van der Waals surface area contributed by atoms with Crippen LogP contribution in [-0.2, 0) is 14.3 Å². The van der Waals surface area contributed by atoms with Crippen molar-refractivity contribution in [1.29, 1.82) is 0 Å². The summed E-state index contributed by atoms with van der Waals surface area (Å²) in [6, 6.07) is 0.485. The summed E-state index contributed by atoms with van der Waals surface area (Å²) in [5.74, 6) is -1.18. The van der Waals surface area contributed by atoms with Crippen molar-refractivity contribution in [1.82, 2.24) is 9.80 Å². The first-order valence-electron chi connectivity index (χ1n) is 7.93. The molecule has 0 bridgehead atoms. The van der Waals surface area contributed by atoms with E-state index < -0.39 is 11.9 Å². The van der Waals surface area contributed by atoms with Gasteiger partial charge in [0, 0.05) is 31.7 Å². The van der Waals surface area contributed by atoms with Gasteiger partial charge in [-0.25, -0.2) is 0 Å². The average Bonchev–Trinajstić information content (AvgIpc) is 2.94. The number of aliphatic carboxylic acids is 1. The van der Waals surface area contributed by atoms with Crippen LogP contribution in [0.5, 0.6) is 0 Å². The maximum absolute atomic E-state index is 11.3. The van der Waals surface area contributed by atoms with Crippen LogP contribution >= 0.6 is 0 Å². The molecule has 2 aliphatic rings. The molecule has 0 aliphatic carbocycles. The Kier molecular flexibility index (Phi) is 5.98. The first-order valence-corrected chi connectivity index (χ1v) is 7.93. The third-order valence-corrected chi connectivity index (χ3v) is 4.58. The SMILES string of the molecule is CCN(CC1CN(C(C)C)CCO1)C1COCC1C(=O)O. The van der Waals surface area contributed by atoms with Gasteiger partial charge in [0.25, 0.3) is 0 Å². The van der Waals surface area contributed by atoms with E-state index in [0.717, 1.165) is 32.8 Å². The third kappa shape index (κ3) is 4.16. The van der Waals surface area contributed by atoms with Crippen LogP contribution in [0, 0.1) is 5.92 Å². The predicted octanol–water partition coefficient (Wildman–Crippen LogP) is 0.517. The number of hydrogen-bond acceptors (Lipinski definition) is 5. The minimum absolute atomic E-state index is 0.0365. The summed E-state index contributed by atoms with van der Waals surface area (Å²) >= 11 is 0.